The summed E-state index contributed by atoms with van der Waals surface area (Å²) in [6, 6.07) is 9.58. The fourth-order valence-corrected chi connectivity index (χ4v) is 2.66. The Balaban J connectivity index is 2.07. The summed E-state index contributed by atoms with van der Waals surface area (Å²) in [6.45, 7) is 12.7. The summed E-state index contributed by atoms with van der Waals surface area (Å²) in [7, 11) is 0. The minimum atomic E-state index is -0.481. The molecule has 6 nitrogen and oxygen atoms in total. The van der Waals surface area contributed by atoms with Crippen LogP contribution in [0.2, 0.25) is 0 Å². The summed E-state index contributed by atoms with van der Waals surface area (Å²) in [5.74, 6) is 0.397. The van der Waals surface area contributed by atoms with Crippen LogP contribution >= 0.6 is 0 Å². The number of ether oxygens (including phenoxy) is 4. The van der Waals surface area contributed by atoms with E-state index in [0.29, 0.717) is 11.5 Å². The number of benzene rings is 2. The fourth-order valence-electron chi connectivity index (χ4n) is 2.66. The van der Waals surface area contributed by atoms with Crippen molar-refractivity contribution >= 4 is 22.7 Å². The maximum absolute atomic E-state index is 11.3. The van der Waals surface area contributed by atoms with Crippen molar-refractivity contribution in [3.63, 3.8) is 0 Å². The molecule has 0 aromatic heterocycles. The number of esters is 2. The maximum atomic E-state index is 11.3. The van der Waals surface area contributed by atoms with Gasteiger partial charge in [0.1, 0.15) is 36.9 Å². The summed E-state index contributed by atoms with van der Waals surface area (Å²) in [6.07, 6.45) is 1.45. The molecule has 0 heterocycles. The van der Waals surface area contributed by atoms with Crippen LogP contribution in [0.1, 0.15) is 19.4 Å². The molecule has 0 aliphatic carbocycles. The molecule has 0 fully saturated rings. The Hall–Kier alpha value is -3.28. The van der Waals surface area contributed by atoms with E-state index in [4.69, 9.17) is 18.9 Å². The molecular weight excluding hydrogens is 372 g/mol. The molecular formula is C23H26O6. The van der Waals surface area contributed by atoms with Crippen molar-refractivity contribution in [3.05, 3.63) is 61.2 Å². The standard InChI is InChI=1S/C23H26O6/c1-6-22(24)28-15(3)13-26-19-10-8-18-9-11-21(17(5)20(18)12-19)27-14-16(4)29-23(25)7-2/h6-12,15-16H,1-2,13-14H2,3-5H3. The molecule has 6 heteroatoms. The van der Waals surface area contributed by atoms with Crippen LogP contribution in [0.25, 0.3) is 10.8 Å². The van der Waals surface area contributed by atoms with Gasteiger partial charge >= 0.3 is 11.9 Å². The SMILES string of the molecule is C=CC(=O)OC(C)COc1ccc2ccc(OCC(C)OC(=O)C=C)c(C)c2c1. The molecule has 0 N–H and O–H groups in total. The van der Waals surface area contributed by atoms with Gasteiger partial charge in [0, 0.05) is 12.2 Å². The lowest BCUT2D eigenvalue weighted by Crippen LogP contribution is -2.21. The van der Waals surface area contributed by atoms with E-state index in [1.165, 1.54) is 0 Å². The largest absolute Gasteiger partial charge is 0.490 e. The van der Waals surface area contributed by atoms with Crippen molar-refractivity contribution in [2.24, 2.45) is 0 Å². The highest BCUT2D eigenvalue weighted by molar-refractivity contribution is 5.88. The topological polar surface area (TPSA) is 71.1 Å². The molecule has 2 unspecified atom stereocenters. The maximum Gasteiger partial charge on any atom is 0.330 e. The lowest BCUT2D eigenvalue weighted by atomic mass is 10.0. The van der Waals surface area contributed by atoms with Gasteiger partial charge in [-0.15, -0.1) is 0 Å². The highest BCUT2D eigenvalue weighted by Crippen LogP contribution is 2.30. The van der Waals surface area contributed by atoms with E-state index in [-0.39, 0.29) is 13.2 Å². The van der Waals surface area contributed by atoms with Crippen molar-refractivity contribution in [1.29, 1.82) is 0 Å². The zero-order chi connectivity index (χ0) is 21.4. The normalized spacial score (nSPS) is 12.5. The van der Waals surface area contributed by atoms with Gasteiger partial charge in [-0.1, -0.05) is 25.3 Å². The number of carbonyl (C=O) groups excluding carboxylic acids is 2. The first-order valence-corrected chi connectivity index (χ1v) is 9.29. The number of rotatable bonds is 10. The second-order valence-corrected chi connectivity index (χ2v) is 6.60. The van der Waals surface area contributed by atoms with Gasteiger partial charge < -0.3 is 18.9 Å². The van der Waals surface area contributed by atoms with Crippen LogP contribution in [-0.2, 0) is 19.1 Å². The number of hydrogen-bond acceptors (Lipinski definition) is 6. The number of hydrogen-bond donors (Lipinski definition) is 0. The van der Waals surface area contributed by atoms with Crippen LogP contribution in [-0.4, -0.2) is 37.4 Å². The molecule has 2 rings (SSSR count). The van der Waals surface area contributed by atoms with E-state index in [2.05, 4.69) is 13.2 Å². The Morgan fingerprint density at radius 1 is 0.931 bits per heavy atom. The van der Waals surface area contributed by atoms with Crippen LogP contribution < -0.4 is 9.47 Å². The molecule has 0 saturated carbocycles. The molecule has 154 valence electrons. The van der Waals surface area contributed by atoms with Gasteiger partial charge in [0.05, 0.1) is 0 Å². The zero-order valence-electron chi connectivity index (χ0n) is 17.0. The highest BCUT2D eigenvalue weighted by Gasteiger charge is 2.12. The van der Waals surface area contributed by atoms with E-state index >= 15 is 0 Å². The van der Waals surface area contributed by atoms with Gasteiger partial charge in [-0.05, 0) is 55.3 Å². The molecule has 0 radical (unpaired) electrons. The monoisotopic (exact) mass is 398 g/mol. The zero-order valence-corrected chi connectivity index (χ0v) is 17.0. The summed E-state index contributed by atoms with van der Waals surface area (Å²) in [5.41, 5.74) is 0.946. The van der Waals surface area contributed by atoms with Crippen molar-refractivity contribution in [2.45, 2.75) is 33.0 Å². The van der Waals surface area contributed by atoms with Crippen LogP contribution in [0.15, 0.2) is 55.6 Å². The van der Waals surface area contributed by atoms with Crippen LogP contribution in [0.4, 0.5) is 0 Å². The molecule has 0 bridgehead atoms. The molecule has 2 atom stereocenters. The average molecular weight is 398 g/mol. The van der Waals surface area contributed by atoms with Crippen LogP contribution in [0, 0.1) is 6.92 Å². The van der Waals surface area contributed by atoms with Gasteiger partial charge in [-0.3, -0.25) is 0 Å². The Bertz CT molecular complexity index is 896. The minimum absolute atomic E-state index is 0.229. The molecule has 2 aromatic carbocycles. The highest BCUT2D eigenvalue weighted by atomic mass is 16.6. The van der Waals surface area contributed by atoms with Gasteiger partial charge in [-0.25, -0.2) is 9.59 Å². The Labute approximate surface area is 170 Å². The van der Waals surface area contributed by atoms with Crippen molar-refractivity contribution < 1.29 is 28.5 Å². The molecule has 0 aliphatic heterocycles. The van der Waals surface area contributed by atoms with Crippen molar-refractivity contribution in [2.75, 3.05) is 13.2 Å². The number of aryl methyl sites for hydroxylation is 1. The van der Waals surface area contributed by atoms with E-state index in [0.717, 1.165) is 28.5 Å². The third-order valence-electron chi connectivity index (χ3n) is 4.14. The van der Waals surface area contributed by atoms with Crippen molar-refractivity contribution in [1.82, 2.24) is 0 Å². The molecule has 29 heavy (non-hydrogen) atoms. The summed E-state index contributed by atoms with van der Waals surface area (Å²) in [4.78, 5) is 22.5. The quantitative estimate of drug-likeness (QED) is 0.442. The molecule has 0 spiro atoms. The van der Waals surface area contributed by atoms with Gasteiger partial charge in [-0.2, -0.15) is 0 Å². The first-order chi connectivity index (χ1) is 13.8. The second kappa shape index (κ2) is 10.3. The first kappa shape index (κ1) is 22.0. The average Bonchev–Trinajstić information content (AvgIpc) is 2.71. The third kappa shape index (κ3) is 6.38. The first-order valence-electron chi connectivity index (χ1n) is 9.29. The van der Waals surface area contributed by atoms with Gasteiger partial charge in [0.25, 0.3) is 0 Å². The minimum Gasteiger partial charge on any atom is -0.490 e. The van der Waals surface area contributed by atoms with Crippen LogP contribution in [0.5, 0.6) is 11.5 Å². The van der Waals surface area contributed by atoms with Crippen LogP contribution in [0.3, 0.4) is 0 Å². The summed E-state index contributed by atoms with van der Waals surface area (Å²) < 4.78 is 21.8. The van der Waals surface area contributed by atoms with Gasteiger partial charge in [0.15, 0.2) is 0 Å². The second-order valence-electron chi connectivity index (χ2n) is 6.60. The predicted molar refractivity (Wildman–Crippen MR) is 111 cm³/mol. The Morgan fingerprint density at radius 2 is 1.48 bits per heavy atom. The molecule has 0 amide bonds. The van der Waals surface area contributed by atoms with E-state index in [1.807, 2.05) is 37.3 Å². The molecule has 2 aromatic rings. The third-order valence-corrected chi connectivity index (χ3v) is 4.14. The Morgan fingerprint density at radius 3 is 2.07 bits per heavy atom. The molecule has 0 aliphatic rings. The number of fused-ring (bicyclic) bond motifs is 1. The summed E-state index contributed by atoms with van der Waals surface area (Å²) >= 11 is 0. The fraction of sp³-hybridized carbons (Fsp3) is 0.304. The van der Waals surface area contributed by atoms with E-state index < -0.39 is 24.1 Å². The van der Waals surface area contributed by atoms with Crippen molar-refractivity contribution in [3.8, 4) is 11.5 Å². The smallest absolute Gasteiger partial charge is 0.330 e. The lowest BCUT2D eigenvalue weighted by Gasteiger charge is -2.17. The van der Waals surface area contributed by atoms with E-state index in [9.17, 15) is 9.59 Å². The van der Waals surface area contributed by atoms with Gasteiger partial charge in [0.2, 0.25) is 0 Å². The molecule has 0 saturated heterocycles. The Kier molecular flexibility index (Phi) is 7.83. The predicted octanol–water partition coefficient (Wildman–Crippen LogP) is 4.14. The lowest BCUT2D eigenvalue weighted by molar-refractivity contribution is -0.144. The van der Waals surface area contributed by atoms with E-state index in [1.54, 1.807) is 13.8 Å². The number of carbonyl (C=O) groups is 2. The summed E-state index contributed by atoms with van der Waals surface area (Å²) in [5, 5.41) is 2.02.